The van der Waals surface area contributed by atoms with Crippen molar-refractivity contribution in [3.05, 3.63) is 35.9 Å². The van der Waals surface area contributed by atoms with Crippen molar-refractivity contribution in [1.82, 2.24) is 0 Å². The minimum absolute atomic E-state index is 0.192. The molecule has 3 heteroatoms. The second-order valence-corrected chi connectivity index (χ2v) is 2.31. The summed E-state index contributed by atoms with van der Waals surface area (Å²) in [5, 5.41) is 8.83. The van der Waals surface area contributed by atoms with E-state index in [-0.39, 0.29) is 6.61 Å². The van der Waals surface area contributed by atoms with Crippen LogP contribution in [0.25, 0.3) is 0 Å². The fourth-order valence-corrected chi connectivity index (χ4v) is 0.962. The Kier molecular flexibility index (Phi) is 3.29. The molecule has 1 unspecified atom stereocenters. The molecular formula is C9H10O3. The van der Waals surface area contributed by atoms with Crippen LogP contribution in [0.4, 0.5) is 0 Å². The third-order valence-corrected chi connectivity index (χ3v) is 1.56. The molecule has 12 heavy (non-hydrogen) atoms. The van der Waals surface area contributed by atoms with Crippen molar-refractivity contribution in [3.63, 3.8) is 0 Å². The molecule has 0 saturated carbocycles. The van der Waals surface area contributed by atoms with Gasteiger partial charge in [-0.25, -0.2) is 0 Å². The third kappa shape index (κ3) is 2.07. The van der Waals surface area contributed by atoms with Gasteiger partial charge in [0, 0.05) is 0 Å². The van der Waals surface area contributed by atoms with Crippen molar-refractivity contribution in [2.24, 2.45) is 0 Å². The van der Waals surface area contributed by atoms with Crippen LogP contribution >= 0.6 is 0 Å². The molecule has 1 rings (SSSR count). The molecule has 0 amide bonds. The molecule has 0 aliphatic rings. The molecule has 1 atom stereocenters. The summed E-state index contributed by atoms with van der Waals surface area (Å²) >= 11 is 0. The molecule has 3 nitrogen and oxygen atoms in total. The quantitative estimate of drug-likeness (QED) is 0.676. The molecule has 1 N–H and O–H groups in total. The first-order chi connectivity index (χ1) is 5.88. The lowest BCUT2D eigenvalue weighted by molar-refractivity contribution is -0.135. The zero-order valence-electron chi connectivity index (χ0n) is 6.51. The number of benzene rings is 1. The average molecular weight is 166 g/mol. The van der Waals surface area contributed by atoms with Crippen molar-refractivity contribution in [2.75, 3.05) is 6.61 Å². The van der Waals surface area contributed by atoms with Crippen molar-refractivity contribution in [2.45, 2.75) is 6.10 Å². The number of hydrogen-bond acceptors (Lipinski definition) is 3. The van der Waals surface area contributed by atoms with Crippen LogP contribution in [0.2, 0.25) is 0 Å². The third-order valence-electron chi connectivity index (χ3n) is 1.56. The summed E-state index contributed by atoms with van der Waals surface area (Å²) < 4.78 is 4.65. The standard InChI is InChI=1S/C9H10O3/c10-6-9(12-7-11)8-4-2-1-3-5-8/h1-5,7,9-10H,6H2. The van der Waals surface area contributed by atoms with E-state index < -0.39 is 6.10 Å². The zero-order valence-corrected chi connectivity index (χ0v) is 6.51. The van der Waals surface area contributed by atoms with Crippen molar-refractivity contribution >= 4 is 6.47 Å². The first-order valence-corrected chi connectivity index (χ1v) is 3.63. The molecule has 64 valence electrons. The summed E-state index contributed by atoms with van der Waals surface area (Å²) in [7, 11) is 0. The molecule has 0 aromatic heterocycles. The number of ether oxygens (including phenoxy) is 1. The first-order valence-electron chi connectivity index (χ1n) is 3.63. The average Bonchev–Trinajstić information content (AvgIpc) is 2.15. The van der Waals surface area contributed by atoms with E-state index in [1.165, 1.54) is 0 Å². The second kappa shape index (κ2) is 4.51. The lowest BCUT2D eigenvalue weighted by Gasteiger charge is -2.11. The highest BCUT2D eigenvalue weighted by atomic mass is 16.5. The van der Waals surface area contributed by atoms with Crippen LogP contribution in [0.1, 0.15) is 11.7 Å². The van der Waals surface area contributed by atoms with E-state index in [2.05, 4.69) is 4.74 Å². The van der Waals surface area contributed by atoms with Gasteiger partial charge in [-0.3, -0.25) is 4.79 Å². The molecule has 0 spiro atoms. The predicted octanol–water partition coefficient (Wildman–Crippen LogP) is 0.893. The zero-order chi connectivity index (χ0) is 8.81. The SMILES string of the molecule is O=COC(CO)c1ccccc1. The highest BCUT2D eigenvalue weighted by Crippen LogP contribution is 2.14. The van der Waals surface area contributed by atoms with Gasteiger partial charge < -0.3 is 9.84 Å². The smallest absolute Gasteiger partial charge is 0.293 e. The maximum absolute atomic E-state index is 10.0. The topological polar surface area (TPSA) is 46.5 Å². The first kappa shape index (κ1) is 8.74. The predicted molar refractivity (Wildman–Crippen MR) is 43.4 cm³/mol. The summed E-state index contributed by atoms with van der Waals surface area (Å²) in [5.74, 6) is 0. The van der Waals surface area contributed by atoms with Gasteiger partial charge in [0.2, 0.25) is 0 Å². The number of hydrogen-bond donors (Lipinski definition) is 1. The van der Waals surface area contributed by atoms with Crippen LogP contribution in [0.3, 0.4) is 0 Å². The van der Waals surface area contributed by atoms with Gasteiger partial charge in [0.1, 0.15) is 6.10 Å². The Hall–Kier alpha value is -1.35. The lowest BCUT2D eigenvalue weighted by Crippen LogP contribution is -2.07. The van der Waals surface area contributed by atoms with Crippen molar-refractivity contribution in [1.29, 1.82) is 0 Å². The molecule has 0 bridgehead atoms. The Morgan fingerprint density at radius 2 is 2.08 bits per heavy atom. The molecule has 0 saturated heterocycles. The Labute approximate surface area is 70.6 Å². The number of aliphatic hydroxyl groups is 1. The fraction of sp³-hybridized carbons (Fsp3) is 0.222. The molecular weight excluding hydrogens is 156 g/mol. The number of aliphatic hydroxyl groups excluding tert-OH is 1. The molecule has 1 aromatic carbocycles. The molecule has 0 aliphatic carbocycles. The lowest BCUT2D eigenvalue weighted by atomic mass is 10.1. The van der Waals surface area contributed by atoms with Gasteiger partial charge in [0.15, 0.2) is 0 Å². The van der Waals surface area contributed by atoms with E-state index in [1.807, 2.05) is 18.2 Å². The molecule has 0 fully saturated rings. The molecule has 0 aliphatic heterocycles. The van der Waals surface area contributed by atoms with E-state index >= 15 is 0 Å². The van der Waals surface area contributed by atoms with Gasteiger partial charge in [-0.1, -0.05) is 30.3 Å². The van der Waals surface area contributed by atoms with Crippen LogP contribution in [-0.4, -0.2) is 18.2 Å². The van der Waals surface area contributed by atoms with Gasteiger partial charge >= 0.3 is 0 Å². The summed E-state index contributed by atoms with van der Waals surface area (Å²) in [6.07, 6.45) is -0.538. The second-order valence-electron chi connectivity index (χ2n) is 2.31. The normalized spacial score (nSPS) is 12.1. The van der Waals surface area contributed by atoms with E-state index in [0.717, 1.165) is 5.56 Å². The maximum Gasteiger partial charge on any atom is 0.293 e. The van der Waals surface area contributed by atoms with Crippen LogP contribution in [0.5, 0.6) is 0 Å². The monoisotopic (exact) mass is 166 g/mol. The van der Waals surface area contributed by atoms with E-state index in [0.29, 0.717) is 6.47 Å². The Balaban J connectivity index is 2.72. The van der Waals surface area contributed by atoms with E-state index in [1.54, 1.807) is 12.1 Å². The van der Waals surface area contributed by atoms with Crippen molar-refractivity contribution < 1.29 is 14.6 Å². The van der Waals surface area contributed by atoms with Crippen molar-refractivity contribution in [3.8, 4) is 0 Å². The Morgan fingerprint density at radius 3 is 2.58 bits per heavy atom. The molecule has 0 radical (unpaired) electrons. The van der Waals surface area contributed by atoms with Gasteiger partial charge in [0.05, 0.1) is 6.61 Å². The minimum Gasteiger partial charge on any atom is -0.457 e. The minimum atomic E-state index is -0.538. The van der Waals surface area contributed by atoms with Gasteiger partial charge in [-0.2, -0.15) is 0 Å². The highest BCUT2D eigenvalue weighted by molar-refractivity contribution is 5.38. The van der Waals surface area contributed by atoms with Crippen LogP contribution in [0.15, 0.2) is 30.3 Å². The largest absolute Gasteiger partial charge is 0.457 e. The summed E-state index contributed by atoms with van der Waals surface area (Å²) in [6.45, 7) is 0.149. The fourth-order valence-electron chi connectivity index (χ4n) is 0.962. The summed E-state index contributed by atoms with van der Waals surface area (Å²) in [4.78, 5) is 10.0. The van der Waals surface area contributed by atoms with Crippen LogP contribution in [0, 0.1) is 0 Å². The van der Waals surface area contributed by atoms with E-state index in [9.17, 15) is 4.79 Å². The number of rotatable bonds is 4. The molecule has 0 heterocycles. The van der Waals surface area contributed by atoms with Gasteiger partial charge in [0.25, 0.3) is 6.47 Å². The van der Waals surface area contributed by atoms with Crippen LogP contribution < -0.4 is 0 Å². The van der Waals surface area contributed by atoms with Gasteiger partial charge in [-0.05, 0) is 5.56 Å². The maximum atomic E-state index is 10.0. The summed E-state index contributed by atoms with van der Waals surface area (Å²) in [6, 6.07) is 9.10. The highest BCUT2D eigenvalue weighted by Gasteiger charge is 2.08. The number of carbonyl (C=O) groups excluding carboxylic acids is 1. The Morgan fingerprint density at radius 1 is 1.42 bits per heavy atom. The number of carbonyl (C=O) groups is 1. The molecule has 1 aromatic rings. The van der Waals surface area contributed by atoms with E-state index in [4.69, 9.17) is 5.11 Å². The Bertz CT molecular complexity index is 233. The van der Waals surface area contributed by atoms with Gasteiger partial charge in [-0.15, -0.1) is 0 Å². The summed E-state index contributed by atoms with van der Waals surface area (Å²) in [5.41, 5.74) is 0.798. The van der Waals surface area contributed by atoms with Crippen LogP contribution in [-0.2, 0) is 9.53 Å².